The lowest BCUT2D eigenvalue weighted by atomic mass is 9.98. The van der Waals surface area contributed by atoms with E-state index in [2.05, 4.69) is 66.5 Å². The van der Waals surface area contributed by atoms with Crippen LogP contribution in [0.3, 0.4) is 0 Å². The molecule has 0 aliphatic heterocycles. The fraction of sp³-hybridized carbons (Fsp3) is 0.455. The second-order valence-corrected chi connectivity index (χ2v) is 6.35. The van der Waals surface area contributed by atoms with Crippen molar-refractivity contribution in [1.29, 1.82) is 0 Å². The van der Waals surface area contributed by atoms with E-state index < -0.39 is 0 Å². The van der Waals surface area contributed by atoms with Crippen LogP contribution in [0.4, 0.5) is 0 Å². The first-order chi connectivity index (χ1) is 12.3. The predicted molar refractivity (Wildman–Crippen MR) is 106 cm³/mol. The minimum absolute atomic E-state index is 0.324. The SMILES string of the molecule is CCN(CC)CCCNC(Cc1ccccc1)c1ccc(OC)cc1. The molecule has 3 heteroatoms. The number of ether oxygens (including phenoxy) is 1. The number of nitrogens with one attached hydrogen (secondary N) is 1. The lowest BCUT2D eigenvalue weighted by Crippen LogP contribution is -2.29. The summed E-state index contributed by atoms with van der Waals surface area (Å²) in [6.45, 7) is 8.89. The van der Waals surface area contributed by atoms with Crippen LogP contribution in [0.2, 0.25) is 0 Å². The summed E-state index contributed by atoms with van der Waals surface area (Å²) in [5.41, 5.74) is 2.67. The average Bonchev–Trinajstić information content (AvgIpc) is 2.68. The lowest BCUT2D eigenvalue weighted by Gasteiger charge is -2.22. The van der Waals surface area contributed by atoms with Gasteiger partial charge >= 0.3 is 0 Å². The molecule has 0 radical (unpaired) electrons. The molecule has 0 bridgehead atoms. The van der Waals surface area contributed by atoms with Gasteiger partial charge in [0.2, 0.25) is 0 Å². The molecule has 0 fully saturated rings. The highest BCUT2D eigenvalue weighted by Crippen LogP contribution is 2.21. The number of nitrogens with zero attached hydrogens (tertiary/aromatic N) is 1. The van der Waals surface area contributed by atoms with Gasteiger partial charge in [0.25, 0.3) is 0 Å². The highest BCUT2D eigenvalue weighted by atomic mass is 16.5. The zero-order valence-corrected chi connectivity index (χ0v) is 15.9. The summed E-state index contributed by atoms with van der Waals surface area (Å²) in [4.78, 5) is 2.47. The molecule has 0 spiro atoms. The van der Waals surface area contributed by atoms with Crippen LogP contribution >= 0.6 is 0 Å². The largest absolute Gasteiger partial charge is 0.497 e. The second kappa shape index (κ2) is 10.9. The summed E-state index contributed by atoms with van der Waals surface area (Å²) in [5, 5.41) is 3.76. The molecule has 25 heavy (non-hydrogen) atoms. The van der Waals surface area contributed by atoms with Gasteiger partial charge in [0, 0.05) is 6.04 Å². The van der Waals surface area contributed by atoms with Crippen LogP contribution in [0.25, 0.3) is 0 Å². The van der Waals surface area contributed by atoms with Gasteiger partial charge in [-0.25, -0.2) is 0 Å². The Morgan fingerprint density at radius 3 is 2.24 bits per heavy atom. The summed E-state index contributed by atoms with van der Waals surface area (Å²) in [7, 11) is 1.71. The van der Waals surface area contributed by atoms with E-state index in [-0.39, 0.29) is 0 Å². The third-order valence-electron chi connectivity index (χ3n) is 4.74. The topological polar surface area (TPSA) is 24.5 Å². The Bertz CT molecular complexity index is 579. The third kappa shape index (κ3) is 6.52. The second-order valence-electron chi connectivity index (χ2n) is 6.35. The van der Waals surface area contributed by atoms with Crippen molar-refractivity contribution in [3.05, 3.63) is 65.7 Å². The van der Waals surface area contributed by atoms with E-state index in [0.29, 0.717) is 6.04 Å². The van der Waals surface area contributed by atoms with Crippen LogP contribution < -0.4 is 10.1 Å². The molecule has 1 atom stereocenters. The molecule has 0 saturated carbocycles. The van der Waals surface area contributed by atoms with Gasteiger partial charge in [0.1, 0.15) is 5.75 Å². The minimum atomic E-state index is 0.324. The standard InChI is InChI=1S/C22H32N2O/c1-4-24(5-2)17-9-16-23-22(18-19-10-7-6-8-11-19)20-12-14-21(25-3)15-13-20/h6-8,10-15,22-23H,4-5,9,16-18H2,1-3H3. The van der Waals surface area contributed by atoms with Crippen LogP contribution in [0.15, 0.2) is 54.6 Å². The van der Waals surface area contributed by atoms with Gasteiger partial charge in [0.15, 0.2) is 0 Å². The summed E-state index contributed by atoms with van der Waals surface area (Å²) in [6.07, 6.45) is 2.17. The zero-order valence-electron chi connectivity index (χ0n) is 15.9. The summed E-state index contributed by atoms with van der Waals surface area (Å²) >= 11 is 0. The predicted octanol–water partition coefficient (Wildman–Crippen LogP) is 4.30. The number of hydrogen-bond acceptors (Lipinski definition) is 3. The van der Waals surface area contributed by atoms with Crippen molar-refractivity contribution in [2.45, 2.75) is 32.7 Å². The molecule has 0 aromatic heterocycles. The Morgan fingerprint density at radius 1 is 0.960 bits per heavy atom. The Kier molecular flexibility index (Phi) is 8.50. The molecule has 0 aliphatic rings. The first-order valence-corrected chi connectivity index (χ1v) is 9.40. The fourth-order valence-corrected chi connectivity index (χ4v) is 3.11. The third-order valence-corrected chi connectivity index (χ3v) is 4.74. The van der Waals surface area contributed by atoms with Gasteiger partial charge in [-0.15, -0.1) is 0 Å². The van der Waals surface area contributed by atoms with Crippen LogP contribution in [-0.2, 0) is 6.42 Å². The van der Waals surface area contributed by atoms with E-state index in [1.54, 1.807) is 7.11 Å². The Hall–Kier alpha value is -1.84. The van der Waals surface area contributed by atoms with Crippen LogP contribution in [0.1, 0.15) is 37.4 Å². The monoisotopic (exact) mass is 340 g/mol. The van der Waals surface area contributed by atoms with Crippen molar-refractivity contribution < 1.29 is 4.74 Å². The van der Waals surface area contributed by atoms with Crippen molar-refractivity contribution >= 4 is 0 Å². The number of methoxy groups -OCH3 is 1. The fourth-order valence-electron chi connectivity index (χ4n) is 3.11. The van der Waals surface area contributed by atoms with E-state index in [9.17, 15) is 0 Å². The molecule has 0 saturated heterocycles. The van der Waals surface area contributed by atoms with Gasteiger partial charge in [-0.1, -0.05) is 56.3 Å². The average molecular weight is 341 g/mol. The maximum atomic E-state index is 5.29. The number of rotatable bonds is 11. The van der Waals surface area contributed by atoms with Crippen molar-refractivity contribution in [3.63, 3.8) is 0 Å². The molecule has 2 rings (SSSR count). The Morgan fingerprint density at radius 2 is 1.64 bits per heavy atom. The zero-order chi connectivity index (χ0) is 17.9. The van der Waals surface area contributed by atoms with Gasteiger partial charge in [-0.05, 0) is 62.3 Å². The number of hydrogen-bond donors (Lipinski definition) is 1. The van der Waals surface area contributed by atoms with Gasteiger partial charge < -0.3 is 15.0 Å². The van der Waals surface area contributed by atoms with Crippen molar-refractivity contribution in [1.82, 2.24) is 10.2 Å². The van der Waals surface area contributed by atoms with E-state index in [1.165, 1.54) is 17.5 Å². The van der Waals surface area contributed by atoms with Gasteiger partial charge in [0.05, 0.1) is 7.11 Å². The Labute approximate surface area is 153 Å². The maximum Gasteiger partial charge on any atom is 0.118 e. The molecular formula is C22H32N2O. The molecule has 0 heterocycles. The molecule has 1 N–H and O–H groups in total. The molecule has 2 aromatic carbocycles. The molecule has 3 nitrogen and oxygen atoms in total. The van der Waals surface area contributed by atoms with E-state index in [4.69, 9.17) is 4.74 Å². The molecule has 0 aliphatic carbocycles. The van der Waals surface area contributed by atoms with Crippen molar-refractivity contribution in [3.8, 4) is 5.75 Å². The smallest absolute Gasteiger partial charge is 0.118 e. The van der Waals surface area contributed by atoms with Crippen molar-refractivity contribution in [2.75, 3.05) is 33.3 Å². The highest BCUT2D eigenvalue weighted by molar-refractivity contribution is 5.30. The molecule has 1 unspecified atom stereocenters. The van der Waals surface area contributed by atoms with E-state index in [1.807, 2.05) is 12.1 Å². The van der Waals surface area contributed by atoms with Crippen molar-refractivity contribution in [2.24, 2.45) is 0 Å². The lowest BCUT2D eigenvalue weighted by molar-refractivity contribution is 0.295. The molecule has 136 valence electrons. The summed E-state index contributed by atoms with van der Waals surface area (Å²) in [6, 6.07) is 19.5. The molecular weight excluding hydrogens is 308 g/mol. The van der Waals surface area contributed by atoms with Crippen LogP contribution in [-0.4, -0.2) is 38.2 Å². The quantitative estimate of drug-likeness (QED) is 0.617. The first kappa shape index (κ1) is 19.5. The normalized spacial score (nSPS) is 12.3. The minimum Gasteiger partial charge on any atom is -0.497 e. The van der Waals surface area contributed by atoms with Crippen LogP contribution in [0, 0.1) is 0 Å². The highest BCUT2D eigenvalue weighted by Gasteiger charge is 2.12. The summed E-state index contributed by atoms with van der Waals surface area (Å²) in [5.74, 6) is 0.906. The van der Waals surface area contributed by atoms with Gasteiger partial charge in [-0.3, -0.25) is 0 Å². The van der Waals surface area contributed by atoms with E-state index in [0.717, 1.165) is 38.3 Å². The van der Waals surface area contributed by atoms with E-state index >= 15 is 0 Å². The molecule has 0 amide bonds. The van der Waals surface area contributed by atoms with Gasteiger partial charge in [-0.2, -0.15) is 0 Å². The molecule has 2 aromatic rings. The van der Waals surface area contributed by atoms with Crippen LogP contribution in [0.5, 0.6) is 5.75 Å². The number of benzene rings is 2. The maximum absolute atomic E-state index is 5.29. The summed E-state index contributed by atoms with van der Waals surface area (Å²) < 4.78 is 5.29. The first-order valence-electron chi connectivity index (χ1n) is 9.40. The Balaban J connectivity index is 1.98.